The van der Waals surface area contributed by atoms with E-state index in [2.05, 4.69) is 15.9 Å². The van der Waals surface area contributed by atoms with Gasteiger partial charge in [0.25, 0.3) is 0 Å². The lowest BCUT2D eigenvalue weighted by Gasteiger charge is -2.07. The van der Waals surface area contributed by atoms with Crippen molar-refractivity contribution in [2.45, 2.75) is 4.90 Å². The van der Waals surface area contributed by atoms with Gasteiger partial charge in [0.15, 0.2) is 5.78 Å². The summed E-state index contributed by atoms with van der Waals surface area (Å²) in [5.74, 6) is -0.0209. The third-order valence-electron chi connectivity index (χ3n) is 3.39. The average molecular weight is 449 g/mol. The molecule has 0 bridgehead atoms. The Bertz CT molecular complexity index is 1020. The van der Waals surface area contributed by atoms with Crippen molar-refractivity contribution >= 4 is 49.2 Å². The number of hydrogen-bond donors (Lipinski definition) is 0. The molecule has 4 nitrogen and oxygen atoms in total. The van der Waals surface area contributed by atoms with Crippen molar-refractivity contribution < 1.29 is 17.4 Å². The van der Waals surface area contributed by atoms with Gasteiger partial charge in [-0.1, -0.05) is 22.0 Å². The molecule has 0 saturated heterocycles. The topological polar surface area (TPSA) is 60.4 Å². The van der Waals surface area contributed by atoms with Crippen molar-refractivity contribution in [3.63, 3.8) is 0 Å². The van der Waals surface area contributed by atoms with E-state index in [9.17, 15) is 13.2 Å². The van der Waals surface area contributed by atoms with Crippen LogP contribution in [0.15, 0.2) is 81.5 Å². The van der Waals surface area contributed by atoms with Gasteiger partial charge in [0.1, 0.15) is 10.6 Å². The Hall–Kier alpha value is -2.22. The molecule has 3 aromatic rings. The predicted octanol–water partition coefficient (Wildman–Crippen LogP) is 5.17. The number of hydrogen-bond acceptors (Lipinski definition) is 5. The van der Waals surface area contributed by atoms with Crippen LogP contribution in [0.5, 0.6) is 5.75 Å². The molecular weight excluding hydrogens is 436 g/mol. The van der Waals surface area contributed by atoms with Crippen LogP contribution >= 0.6 is 27.3 Å². The minimum atomic E-state index is -3.92. The Labute approximate surface area is 164 Å². The third kappa shape index (κ3) is 4.69. The Morgan fingerprint density at radius 1 is 1.00 bits per heavy atom. The number of benzene rings is 2. The molecule has 0 radical (unpaired) electrons. The molecule has 1 heterocycles. The van der Waals surface area contributed by atoms with Gasteiger partial charge in [-0.05, 0) is 72.1 Å². The smallest absolute Gasteiger partial charge is 0.339 e. The zero-order valence-corrected chi connectivity index (χ0v) is 16.6. The van der Waals surface area contributed by atoms with Gasteiger partial charge in [-0.15, -0.1) is 11.3 Å². The standard InChI is InChI=1S/C19H13BrO4S2/c20-15-5-10-18(11-6-15)26(22,23)24-16-7-3-14(4-8-16)19(21)12-9-17-2-1-13-25-17/h1-13H. The molecule has 0 unspecified atom stereocenters. The highest BCUT2D eigenvalue weighted by atomic mass is 79.9. The Kier molecular flexibility index (Phi) is 5.70. The lowest BCUT2D eigenvalue weighted by Crippen LogP contribution is -2.09. The van der Waals surface area contributed by atoms with Crippen LogP contribution in [0.1, 0.15) is 15.2 Å². The highest BCUT2D eigenvalue weighted by Gasteiger charge is 2.16. The van der Waals surface area contributed by atoms with Crippen LogP contribution in [0, 0.1) is 0 Å². The Morgan fingerprint density at radius 2 is 1.69 bits per heavy atom. The van der Waals surface area contributed by atoms with E-state index >= 15 is 0 Å². The fourth-order valence-electron chi connectivity index (χ4n) is 2.09. The summed E-state index contributed by atoms with van der Waals surface area (Å²) >= 11 is 4.79. The first-order valence-corrected chi connectivity index (χ1v) is 10.6. The summed E-state index contributed by atoms with van der Waals surface area (Å²) < 4.78 is 30.4. The minimum Gasteiger partial charge on any atom is -0.379 e. The van der Waals surface area contributed by atoms with Crippen molar-refractivity contribution in [2.75, 3.05) is 0 Å². The first kappa shape index (κ1) is 18.6. The molecule has 0 aliphatic heterocycles. The van der Waals surface area contributed by atoms with Gasteiger partial charge >= 0.3 is 10.1 Å². The molecule has 0 N–H and O–H groups in total. The second-order valence-corrected chi connectivity index (χ2v) is 8.67. The van der Waals surface area contributed by atoms with Crippen LogP contribution in [0.4, 0.5) is 0 Å². The third-order valence-corrected chi connectivity index (χ3v) is 6.02. The van der Waals surface area contributed by atoms with Gasteiger partial charge in [-0.3, -0.25) is 4.79 Å². The maximum atomic E-state index is 12.3. The van der Waals surface area contributed by atoms with E-state index in [1.165, 1.54) is 53.8 Å². The molecule has 0 aliphatic carbocycles. The molecular formula is C19H13BrO4S2. The summed E-state index contributed by atoms with van der Waals surface area (Å²) in [7, 11) is -3.92. The molecule has 3 rings (SSSR count). The summed E-state index contributed by atoms with van der Waals surface area (Å²) in [6.45, 7) is 0. The fraction of sp³-hybridized carbons (Fsp3) is 0. The van der Waals surface area contributed by atoms with Gasteiger partial charge in [0, 0.05) is 14.9 Å². The Morgan fingerprint density at radius 3 is 2.31 bits per heavy atom. The van der Waals surface area contributed by atoms with Gasteiger partial charge < -0.3 is 4.18 Å². The zero-order chi connectivity index (χ0) is 18.6. The van der Waals surface area contributed by atoms with Crippen molar-refractivity contribution in [3.05, 3.63) is 87.0 Å². The number of carbonyl (C=O) groups is 1. The van der Waals surface area contributed by atoms with E-state index < -0.39 is 10.1 Å². The molecule has 0 amide bonds. The van der Waals surface area contributed by atoms with Gasteiger partial charge in [-0.2, -0.15) is 8.42 Å². The van der Waals surface area contributed by atoms with Crippen LogP contribution in [-0.2, 0) is 10.1 Å². The Balaban J connectivity index is 1.71. The number of rotatable bonds is 6. The van der Waals surface area contributed by atoms with Crippen molar-refractivity contribution in [2.24, 2.45) is 0 Å². The molecule has 2 aromatic carbocycles. The molecule has 0 saturated carbocycles. The summed E-state index contributed by atoms with van der Waals surface area (Å²) in [5.41, 5.74) is 0.450. The van der Waals surface area contributed by atoms with E-state index in [1.807, 2.05) is 17.5 Å². The molecule has 26 heavy (non-hydrogen) atoms. The lowest BCUT2D eigenvalue weighted by molar-refractivity contribution is 0.104. The van der Waals surface area contributed by atoms with Crippen molar-refractivity contribution in [3.8, 4) is 5.75 Å². The van der Waals surface area contributed by atoms with Crippen molar-refractivity contribution in [1.82, 2.24) is 0 Å². The second kappa shape index (κ2) is 7.99. The van der Waals surface area contributed by atoms with Crippen LogP contribution in [0.3, 0.4) is 0 Å². The molecule has 1 aromatic heterocycles. The molecule has 0 fully saturated rings. The monoisotopic (exact) mass is 448 g/mol. The molecule has 0 aliphatic rings. The zero-order valence-electron chi connectivity index (χ0n) is 13.3. The first-order valence-electron chi connectivity index (χ1n) is 7.50. The van der Waals surface area contributed by atoms with E-state index in [0.717, 1.165) is 9.35 Å². The quantitative estimate of drug-likeness (QED) is 0.296. The second-order valence-electron chi connectivity index (χ2n) is 5.23. The van der Waals surface area contributed by atoms with Gasteiger partial charge in [-0.25, -0.2) is 0 Å². The largest absolute Gasteiger partial charge is 0.379 e. The van der Waals surface area contributed by atoms with Crippen LogP contribution in [-0.4, -0.2) is 14.2 Å². The maximum Gasteiger partial charge on any atom is 0.339 e. The van der Waals surface area contributed by atoms with Crippen LogP contribution in [0.25, 0.3) is 6.08 Å². The highest BCUT2D eigenvalue weighted by molar-refractivity contribution is 9.10. The predicted molar refractivity (Wildman–Crippen MR) is 106 cm³/mol. The van der Waals surface area contributed by atoms with E-state index in [4.69, 9.17) is 4.18 Å². The van der Waals surface area contributed by atoms with Crippen LogP contribution < -0.4 is 4.18 Å². The van der Waals surface area contributed by atoms with E-state index in [-0.39, 0.29) is 16.4 Å². The van der Waals surface area contributed by atoms with Crippen LogP contribution in [0.2, 0.25) is 0 Å². The summed E-state index contributed by atoms with van der Waals surface area (Å²) in [6.07, 6.45) is 3.23. The van der Waals surface area contributed by atoms with E-state index in [1.54, 1.807) is 18.2 Å². The summed E-state index contributed by atoms with van der Waals surface area (Å²) in [4.78, 5) is 13.2. The highest BCUT2D eigenvalue weighted by Crippen LogP contribution is 2.21. The van der Waals surface area contributed by atoms with Gasteiger partial charge in [0.05, 0.1) is 0 Å². The molecule has 0 spiro atoms. The molecule has 7 heteroatoms. The molecule has 0 atom stereocenters. The normalized spacial score (nSPS) is 11.6. The van der Waals surface area contributed by atoms with Gasteiger partial charge in [0.2, 0.25) is 0 Å². The SMILES string of the molecule is O=C(C=Cc1cccs1)c1ccc(OS(=O)(=O)c2ccc(Br)cc2)cc1. The maximum absolute atomic E-state index is 12.3. The number of thiophene rings is 1. The average Bonchev–Trinajstić information content (AvgIpc) is 3.14. The summed E-state index contributed by atoms with van der Waals surface area (Å²) in [6, 6.07) is 16.0. The first-order chi connectivity index (χ1) is 12.4. The molecule has 132 valence electrons. The minimum absolute atomic E-state index is 0.0553. The summed E-state index contributed by atoms with van der Waals surface area (Å²) in [5, 5.41) is 1.93. The lowest BCUT2D eigenvalue weighted by atomic mass is 10.1. The number of allylic oxidation sites excluding steroid dienone is 1. The van der Waals surface area contributed by atoms with Crippen molar-refractivity contribution in [1.29, 1.82) is 0 Å². The number of carbonyl (C=O) groups excluding carboxylic acids is 1. The fourth-order valence-corrected chi connectivity index (χ4v) is 3.90. The number of halogens is 1. The number of ketones is 1. The van der Waals surface area contributed by atoms with E-state index in [0.29, 0.717) is 5.56 Å².